The van der Waals surface area contributed by atoms with Crippen LogP contribution < -0.4 is 0 Å². The Kier molecular flexibility index (Phi) is 4.27. The van der Waals surface area contributed by atoms with Crippen LogP contribution in [0.2, 0.25) is 5.02 Å². The lowest BCUT2D eigenvalue weighted by Gasteiger charge is -2.00. The molecule has 1 N–H and O–H groups in total. The summed E-state index contributed by atoms with van der Waals surface area (Å²) in [7, 11) is 0. The van der Waals surface area contributed by atoms with Crippen molar-refractivity contribution < 1.29 is 9.90 Å². The number of carboxylic acid groups (broad SMARTS) is 1. The first-order valence-electron chi connectivity index (χ1n) is 5.13. The van der Waals surface area contributed by atoms with E-state index in [1.165, 1.54) is 11.3 Å². The van der Waals surface area contributed by atoms with Gasteiger partial charge in [0.1, 0.15) is 4.88 Å². The van der Waals surface area contributed by atoms with Crippen LogP contribution in [0, 0.1) is 6.92 Å². The van der Waals surface area contributed by atoms with Crippen LogP contribution in [-0.4, -0.2) is 16.1 Å². The number of nitrogens with zero attached hydrogens (tertiary/aromatic N) is 1. The van der Waals surface area contributed by atoms with Crippen molar-refractivity contribution in [2.75, 3.05) is 0 Å². The number of pyridine rings is 1. The number of thiophene rings is 1. The zero-order chi connectivity index (χ0) is 13.1. The Morgan fingerprint density at radius 2 is 2.33 bits per heavy atom. The molecule has 6 heteroatoms. The Hall–Kier alpha value is -1.04. The molecule has 0 aliphatic carbocycles. The standard InChI is InChI=1S/C12H10ClNO2S2/c1-7-8(4-10(18-7)12(15)16)6-17-11-3-2-9(13)5-14-11/h2-5H,6H2,1H3,(H,15,16). The van der Waals surface area contributed by atoms with E-state index in [-0.39, 0.29) is 0 Å². The average molecular weight is 300 g/mol. The van der Waals surface area contributed by atoms with Crippen molar-refractivity contribution >= 4 is 40.7 Å². The molecule has 18 heavy (non-hydrogen) atoms. The van der Waals surface area contributed by atoms with Crippen molar-refractivity contribution in [2.24, 2.45) is 0 Å². The Morgan fingerprint density at radius 3 is 2.89 bits per heavy atom. The molecule has 0 spiro atoms. The van der Waals surface area contributed by atoms with Crippen LogP contribution in [0.15, 0.2) is 29.4 Å². The average Bonchev–Trinajstić information content (AvgIpc) is 2.70. The molecule has 0 saturated carbocycles. The molecule has 0 aromatic carbocycles. The first-order valence-corrected chi connectivity index (χ1v) is 7.31. The Bertz CT molecular complexity index is 566. The molecule has 0 aliphatic heterocycles. The van der Waals surface area contributed by atoms with Gasteiger partial charge in [-0.05, 0) is 30.7 Å². The Morgan fingerprint density at radius 1 is 1.56 bits per heavy atom. The maximum atomic E-state index is 10.9. The van der Waals surface area contributed by atoms with Gasteiger partial charge in [0.15, 0.2) is 0 Å². The number of halogens is 1. The smallest absolute Gasteiger partial charge is 0.345 e. The normalized spacial score (nSPS) is 10.6. The Labute approximate surface area is 118 Å². The molecule has 0 amide bonds. The van der Waals surface area contributed by atoms with Gasteiger partial charge < -0.3 is 5.11 Å². The Balaban J connectivity index is 2.06. The van der Waals surface area contributed by atoms with Gasteiger partial charge in [0.05, 0.1) is 10.0 Å². The van der Waals surface area contributed by atoms with Gasteiger partial charge >= 0.3 is 5.97 Å². The largest absolute Gasteiger partial charge is 0.477 e. The van der Waals surface area contributed by atoms with Gasteiger partial charge in [-0.15, -0.1) is 23.1 Å². The zero-order valence-electron chi connectivity index (χ0n) is 9.51. The van der Waals surface area contributed by atoms with E-state index in [0.29, 0.717) is 15.7 Å². The lowest BCUT2D eigenvalue weighted by atomic mass is 10.3. The molecule has 2 rings (SSSR count). The molecule has 0 aliphatic rings. The molecular weight excluding hydrogens is 290 g/mol. The highest BCUT2D eigenvalue weighted by molar-refractivity contribution is 7.98. The molecule has 2 aromatic heterocycles. The number of hydrogen-bond acceptors (Lipinski definition) is 4. The van der Waals surface area contributed by atoms with Crippen LogP contribution in [0.25, 0.3) is 0 Å². The van der Waals surface area contributed by atoms with E-state index in [2.05, 4.69) is 4.98 Å². The molecule has 0 atom stereocenters. The minimum atomic E-state index is -0.871. The first kappa shape index (κ1) is 13.4. The zero-order valence-corrected chi connectivity index (χ0v) is 11.9. The van der Waals surface area contributed by atoms with Crippen molar-refractivity contribution in [1.82, 2.24) is 4.98 Å². The number of carbonyl (C=O) groups is 1. The second kappa shape index (κ2) is 5.73. The van der Waals surface area contributed by atoms with E-state index in [1.807, 2.05) is 13.0 Å². The molecule has 0 bridgehead atoms. The molecule has 0 saturated heterocycles. The molecule has 3 nitrogen and oxygen atoms in total. The quantitative estimate of drug-likeness (QED) is 0.864. The summed E-state index contributed by atoms with van der Waals surface area (Å²) in [5.41, 5.74) is 1.04. The monoisotopic (exact) mass is 299 g/mol. The third-order valence-corrected chi connectivity index (χ3v) is 4.60. The predicted octanol–water partition coefficient (Wildman–Crippen LogP) is 4.10. The minimum absolute atomic E-state index is 0.382. The summed E-state index contributed by atoms with van der Waals surface area (Å²) >= 11 is 8.63. The van der Waals surface area contributed by atoms with Gasteiger partial charge in [-0.3, -0.25) is 0 Å². The van der Waals surface area contributed by atoms with Crippen LogP contribution in [-0.2, 0) is 5.75 Å². The van der Waals surface area contributed by atoms with Crippen molar-refractivity contribution in [3.63, 3.8) is 0 Å². The maximum absolute atomic E-state index is 10.9. The summed E-state index contributed by atoms with van der Waals surface area (Å²) in [6.45, 7) is 1.93. The van der Waals surface area contributed by atoms with Crippen LogP contribution in [0.5, 0.6) is 0 Å². The second-order valence-electron chi connectivity index (χ2n) is 3.60. The predicted molar refractivity (Wildman–Crippen MR) is 74.8 cm³/mol. The number of rotatable bonds is 4. The topological polar surface area (TPSA) is 50.2 Å². The summed E-state index contributed by atoms with van der Waals surface area (Å²) in [4.78, 5) is 16.5. The number of aryl methyl sites for hydroxylation is 1. The van der Waals surface area contributed by atoms with Gasteiger partial charge in [-0.25, -0.2) is 9.78 Å². The summed E-state index contributed by atoms with van der Waals surface area (Å²) in [6, 6.07) is 5.37. The number of hydrogen-bond donors (Lipinski definition) is 1. The third-order valence-electron chi connectivity index (χ3n) is 2.31. The van der Waals surface area contributed by atoms with Crippen LogP contribution in [0.4, 0.5) is 0 Å². The lowest BCUT2D eigenvalue weighted by molar-refractivity contribution is 0.0702. The minimum Gasteiger partial charge on any atom is -0.477 e. The van der Waals surface area contributed by atoms with Gasteiger partial charge in [-0.2, -0.15) is 0 Å². The van der Waals surface area contributed by atoms with Gasteiger partial charge in [0.2, 0.25) is 0 Å². The molecule has 94 valence electrons. The number of thioether (sulfide) groups is 1. The molecule has 0 unspecified atom stereocenters. The van der Waals surface area contributed by atoms with Crippen molar-refractivity contribution in [3.8, 4) is 0 Å². The third kappa shape index (κ3) is 3.25. The second-order valence-corrected chi connectivity index (χ2v) is 6.29. The van der Waals surface area contributed by atoms with E-state index in [9.17, 15) is 4.79 Å². The van der Waals surface area contributed by atoms with Crippen LogP contribution >= 0.6 is 34.7 Å². The lowest BCUT2D eigenvalue weighted by Crippen LogP contribution is -1.90. The van der Waals surface area contributed by atoms with E-state index in [0.717, 1.165) is 15.5 Å². The molecule has 2 heterocycles. The SMILES string of the molecule is Cc1sc(C(=O)O)cc1CSc1ccc(Cl)cn1. The van der Waals surface area contributed by atoms with Crippen molar-refractivity contribution in [3.05, 3.63) is 44.7 Å². The number of carboxylic acids is 1. The fraction of sp³-hybridized carbons (Fsp3) is 0.167. The van der Waals surface area contributed by atoms with Crippen LogP contribution in [0.1, 0.15) is 20.1 Å². The highest BCUT2D eigenvalue weighted by atomic mass is 35.5. The van der Waals surface area contributed by atoms with E-state index >= 15 is 0 Å². The van der Waals surface area contributed by atoms with E-state index in [4.69, 9.17) is 16.7 Å². The fourth-order valence-electron chi connectivity index (χ4n) is 1.37. The van der Waals surface area contributed by atoms with Crippen LogP contribution in [0.3, 0.4) is 0 Å². The highest BCUT2D eigenvalue weighted by Gasteiger charge is 2.11. The molecular formula is C12H10ClNO2S2. The first-order chi connectivity index (χ1) is 8.56. The summed E-state index contributed by atoms with van der Waals surface area (Å²) in [6.07, 6.45) is 1.60. The van der Waals surface area contributed by atoms with Gasteiger partial charge in [-0.1, -0.05) is 11.6 Å². The number of aromatic nitrogens is 1. The molecule has 0 fully saturated rings. The molecule has 0 radical (unpaired) electrons. The van der Waals surface area contributed by atoms with Crippen molar-refractivity contribution in [1.29, 1.82) is 0 Å². The highest BCUT2D eigenvalue weighted by Crippen LogP contribution is 2.28. The van der Waals surface area contributed by atoms with Gasteiger partial charge in [0.25, 0.3) is 0 Å². The van der Waals surface area contributed by atoms with E-state index in [1.54, 1.807) is 30.1 Å². The summed E-state index contributed by atoms with van der Waals surface area (Å²) in [5.74, 6) is -0.159. The summed E-state index contributed by atoms with van der Waals surface area (Å²) in [5, 5.41) is 10.4. The van der Waals surface area contributed by atoms with E-state index < -0.39 is 5.97 Å². The van der Waals surface area contributed by atoms with Gasteiger partial charge in [0, 0.05) is 16.8 Å². The fourth-order valence-corrected chi connectivity index (χ4v) is 3.35. The number of aromatic carboxylic acids is 1. The summed E-state index contributed by atoms with van der Waals surface area (Å²) < 4.78 is 0. The maximum Gasteiger partial charge on any atom is 0.345 e. The van der Waals surface area contributed by atoms with Crippen molar-refractivity contribution in [2.45, 2.75) is 17.7 Å². The molecule has 2 aromatic rings.